The van der Waals surface area contributed by atoms with Gasteiger partial charge in [0.05, 0.1) is 12.7 Å². The number of rotatable bonds is 3. The molecule has 0 spiro atoms. The number of benzene rings is 2. The third-order valence-corrected chi connectivity index (χ3v) is 4.55. The number of urea groups is 1. The van der Waals surface area contributed by atoms with E-state index in [-0.39, 0.29) is 17.8 Å². The summed E-state index contributed by atoms with van der Waals surface area (Å²) in [5.41, 5.74) is 2.56. The summed E-state index contributed by atoms with van der Waals surface area (Å²) in [4.78, 5) is 18.4. The lowest BCUT2D eigenvalue weighted by Crippen LogP contribution is -2.39. The van der Waals surface area contributed by atoms with E-state index in [0.29, 0.717) is 18.7 Å². The number of hydrogen-bond acceptors (Lipinski definition) is 4. The fraction of sp³-hybridized carbons (Fsp3) is 0.211. The molecule has 7 nitrogen and oxygen atoms in total. The quantitative estimate of drug-likeness (QED) is 0.745. The number of nitrogens with zero attached hydrogens (tertiary/aromatic N) is 3. The maximum absolute atomic E-state index is 13.8. The summed E-state index contributed by atoms with van der Waals surface area (Å²) in [5, 5.41) is 9.27. The van der Waals surface area contributed by atoms with Gasteiger partial charge in [-0.25, -0.2) is 9.18 Å². The first kappa shape index (κ1) is 17.0. The molecule has 27 heavy (non-hydrogen) atoms. The van der Waals surface area contributed by atoms with Gasteiger partial charge in [-0.3, -0.25) is 10.4 Å². The number of aromatic amines is 1. The molecule has 0 saturated carbocycles. The van der Waals surface area contributed by atoms with E-state index in [0.717, 1.165) is 17.7 Å². The molecule has 0 fully saturated rings. The topological polar surface area (TPSA) is 83.1 Å². The van der Waals surface area contributed by atoms with Crippen molar-refractivity contribution in [3.63, 3.8) is 0 Å². The molecule has 1 aliphatic rings. The van der Waals surface area contributed by atoms with Crippen LogP contribution < -0.4 is 10.1 Å². The van der Waals surface area contributed by atoms with Gasteiger partial charge in [0.25, 0.3) is 0 Å². The van der Waals surface area contributed by atoms with Crippen LogP contribution in [-0.4, -0.2) is 39.8 Å². The average Bonchev–Trinajstić information content (AvgIpc) is 3.15. The molecule has 138 valence electrons. The number of aromatic nitrogens is 3. The molecule has 0 radical (unpaired) electrons. The van der Waals surface area contributed by atoms with E-state index >= 15 is 0 Å². The molecule has 2 aromatic carbocycles. The van der Waals surface area contributed by atoms with Crippen LogP contribution in [0.5, 0.6) is 5.75 Å². The van der Waals surface area contributed by atoms with Crippen molar-refractivity contribution in [3.8, 4) is 17.1 Å². The first-order valence-electron chi connectivity index (χ1n) is 8.53. The average molecular weight is 367 g/mol. The van der Waals surface area contributed by atoms with Gasteiger partial charge >= 0.3 is 6.03 Å². The van der Waals surface area contributed by atoms with Gasteiger partial charge in [-0.1, -0.05) is 18.2 Å². The minimum absolute atomic E-state index is 0.110. The van der Waals surface area contributed by atoms with Crippen LogP contribution >= 0.6 is 0 Å². The summed E-state index contributed by atoms with van der Waals surface area (Å²) in [7, 11) is 1.64. The second-order valence-corrected chi connectivity index (χ2v) is 6.22. The van der Waals surface area contributed by atoms with Gasteiger partial charge < -0.3 is 9.64 Å². The number of methoxy groups -OCH3 is 1. The molecule has 0 bridgehead atoms. The molecule has 0 atom stereocenters. The zero-order chi connectivity index (χ0) is 18.8. The summed E-state index contributed by atoms with van der Waals surface area (Å²) in [6, 6.07) is 11.8. The lowest BCUT2D eigenvalue weighted by Gasteiger charge is -2.28. The lowest BCUT2D eigenvalue weighted by atomic mass is 10.00. The van der Waals surface area contributed by atoms with E-state index in [4.69, 9.17) is 4.74 Å². The van der Waals surface area contributed by atoms with Crippen LogP contribution in [-0.2, 0) is 13.0 Å². The third-order valence-electron chi connectivity index (χ3n) is 4.55. The number of carbonyl (C=O) groups is 1. The maximum atomic E-state index is 13.8. The Morgan fingerprint density at radius 2 is 2.11 bits per heavy atom. The number of anilines is 1. The molecular weight excluding hydrogens is 349 g/mol. The fourth-order valence-corrected chi connectivity index (χ4v) is 3.10. The summed E-state index contributed by atoms with van der Waals surface area (Å²) in [6.45, 7) is 1.08. The Balaban J connectivity index is 1.45. The molecule has 3 aromatic rings. The molecule has 0 aliphatic carbocycles. The SMILES string of the molecule is COc1ccc2c(c1)CCN(C(=O)Nc1n[nH]c(-c3ccccc3F)n1)C2. The summed E-state index contributed by atoms with van der Waals surface area (Å²) >= 11 is 0. The Morgan fingerprint density at radius 1 is 1.26 bits per heavy atom. The van der Waals surface area contributed by atoms with Gasteiger partial charge in [-0.05, 0) is 41.8 Å². The van der Waals surface area contributed by atoms with Crippen molar-refractivity contribution in [3.05, 3.63) is 59.4 Å². The Hall–Kier alpha value is -3.42. The molecule has 1 aromatic heterocycles. The monoisotopic (exact) mass is 367 g/mol. The van der Waals surface area contributed by atoms with E-state index in [1.807, 2.05) is 18.2 Å². The molecule has 2 heterocycles. The van der Waals surface area contributed by atoms with Crippen molar-refractivity contribution in [2.45, 2.75) is 13.0 Å². The van der Waals surface area contributed by atoms with Crippen LogP contribution in [0.4, 0.5) is 15.1 Å². The van der Waals surface area contributed by atoms with Crippen LogP contribution in [0, 0.1) is 5.82 Å². The van der Waals surface area contributed by atoms with Crippen LogP contribution in [0.3, 0.4) is 0 Å². The lowest BCUT2D eigenvalue weighted by molar-refractivity contribution is 0.206. The standard InChI is InChI=1S/C19H18FN5O2/c1-27-14-7-6-13-11-25(9-8-12(13)10-14)19(26)22-18-21-17(23-24-18)15-4-2-3-5-16(15)20/h2-7,10H,8-9,11H2,1H3,(H2,21,22,23,24,26). The minimum Gasteiger partial charge on any atom is -0.497 e. The van der Waals surface area contributed by atoms with Gasteiger partial charge in [-0.2, -0.15) is 4.98 Å². The zero-order valence-corrected chi connectivity index (χ0v) is 14.7. The summed E-state index contributed by atoms with van der Waals surface area (Å²) < 4.78 is 19.1. The Kier molecular flexibility index (Phi) is 4.45. The molecule has 4 rings (SSSR count). The zero-order valence-electron chi connectivity index (χ0n) is 14.7. The Labute approximate surface area is 155 Å². The Bertz CT molecular complexity index is 988. The third kappa shape index (κ3) is 3.46. The molecule has 1 aliphatic heterocycles. The minimum atomic E-state index is -0.408. The number of carbonyl (C=O) groups excluding carboxylic acids is 1. The van der Waals surface area contributed by atoms with Crippen molar-refractivity contribution in [1.29, 1.82) is 0 Å². The van der Waals surface area contributed by atoms with E-state index in [1.165, 1.54) is 11.6 Å². The van der Waals surface area contributed by atoms with E-state index in [2.05, 4.69) is 20.5 Å². The van der Waals surface area contributed by atoms with Crippen LogP contribution in [0.2, 0.25) is 0 Å². The highest BCUT2D eigenvalue weighted by molar-refractivity contribution is 5.87. The number of ether oxygens (including phenoxy) is 1. The van der Waals surface area contributed by atoms with Crippen molar-refractivity contribution in [1.82, 2.24) is 20.1 Å². The summed E-state index contributed by atoms with van der Waals surface area (Å²) in [6.07, 6.45) is 0.744. The number of nitrogens with one attached hydrogen (secondary N) is 2. The molecular formula is C19H18FN5O2. The van der Waals surface area contributed by atoms with E-state index < -0.39 is 5.82 Å². The first-order chi connectivity index (χ1) is 13.1. The van der Waals surface area contributed by atoms with Gasteiger partial charge in [0, 0.05) is 13.1 Å². The largest absolute Gasteiger partial charge is 0.497 e. The highest BCUT2D eigenvalue weighted by Gasteiger charge is 2.22. The van der Waals surface area contributed by atoms with E-state index in [9.17, 15) is 9.18 Å². The predicted molar refractivity (Wildman–Crippen MR) is 97.9 cm³/mol. The van der Waals surface area contributed by atoms with Crippen molar-refractivity contribution in [2.75, 3.05) is 19.0 Å². The predicted octanol–water partition coefficient (Wildman–Crippen LogP) is 3.21. The number of hydrogen-bond donors (Lipinski definition) is 2. The van der Waals surface area contributed by atoms with Gasteiger partial charge in [0.1, 0.15) is 11.6 Å². The molecule has 2 amide bonds. The van der Waals surface area contributed by atoms with Gasteiger partial charge in [0.2, 0.25) is 5.95 Å². The normalized spacial score (nSPS) is 13.2. The van der Waals surface area contributed by atoms with Crippen molar-refractivity contribution < 1.29 is 13.9 Å². The second-order valence-electron chi connectivity index (χ2n) is 6.22. The Morgan fingerprint density at radius 3 is 2.93 bits per heavy atom. The van der Waals surface area contributed by atoms with Crippen LogP contribution in [0.25, 0.3) is 11.4 Å². The highest BCUT2D eigenvalue weighted by atomic mass is 19.1. The number of H-pyrrole nitrogens is 1. The maximum Gasteiger partial charge on any atom is 0.324 e. The first-order valence-corrected chi connectivity index (χ1v) is 8.53. The summed E-state index contributed by atoms with van der Waals surface area (Å²) in [5.74, 6) is 0.779. The van der Waals surface area contributed by atoms with Crippen LogP contribution in [0.1, 0.15) is 11.1 Å². The molecule has 2 N–H and O–H groups in total. The van der Waals surface area contributed by atoms with Crippen molar-refractivity contribution >= 4 is 12.0 Å². The van der Waals surface area contributed by atoms with Crippen LogP contribution in [0.15, 0.2) is 42.5 Å². The van der Waals surface area contributed by atoms with Crippen molar-refractivity contribution in [2.24, 2.45) is 0 Å². The molecule has 0 saturated heterocycles. The van der Waals surface area contributed by atoms with E-state index in [1.54, 1.807) is 30.2 Å². The fourth-order valence-electron chi connectivity index (χ4n) is 3.10. The highest BCUT2D eigenvalue weighted by Crippen LogP contribution is 2.24. The number of amides is 2. The van der Waals surface area contributed by atoms with Gasteiger partial charge in [0.15, 0.2) is 5.82 Å². The molecule has 0 unspecified atom stereocenters. The number of halogens is 1. The molecule has 8 heteroatoms. The van der Waals surface area contributed by atoms with Gasteiger partial charge in [-0.15, -0.1) is 5.10 Å². The number of fused-ring (bicyclic) bond motifs is 1. The second kappa shape index (κ2) is 7.06. The smallest absolute Gasteiger partial charge is 0.324 e.